The highest BCUT2D eigenvalue weighted by Gasteiger charge is 2.29. The molecule has 0 aromatic heterocycles. The normalized spacial score (nSPS) is 14.1. The van der Waals surface area contributed by atoms with Crippen molar-refractivity contribution in [2.75, 3.05) is 32.8 Å². The summed E-state index contributed by atoms with van der Waals surface area (Å²) in [5, 5.41) is 44.1. The number of amides is 4. The van der Waals surface area contributed by atoms with Crippen LogP contribution in [0.3, 0.4) is 0 Å². The summed E-state index contributed by atoms with van der Waals surface area (Å²) >= 11 is 0. The molecule has 15 N–H and O–H groups in total. The first-order valence-corrected chi connectivity index (χ1v) is 19.6. The maximum atomic E-state index is 13.8. The number of hydrogen-bond donors (Lipinski definition) is 12. The molecule has 0 spiro atoms. The predicted molar refractivity (Wildman–Crippen MR) is 216 cm³/mol. The molecule has 6 atom stereocenters. The lowest BCUT2D eigenvalue weighted by atomic mass is 9.95. The van der Waals surface area contributed by atoms with Crippen LogP contribution in [0.4, 0.5) is 0 Å². The Morgan fingerprint density at radius 2 is 1.33 bits per heavy atom. The highest BCUT2D eigenvalue weighted by atomic mass is 16.4. The maximum Gasteiger partial charge on any atom is 0.320 e. The molecule has 20 heteroatoms. The molecule has 0 aliphatic carbocycles. The number of benzene rings is 1. The molecular formula is C38H64N10O10. The Labute approximate surface area is 339 Å². The van der Waals surface area contributed by atoms with Crippen LogP contribution in [-0.4, -0.2) is 120 Å². The monoisotopic (exact) mass is 820 g/mol. The average Bonchev–Trinajstić information content (AvgIpc) is 3.16. The van der Waals surface area contributed by atoms with Gasteiger partial charge in [-0.3, -0.25) is 49.2 Å². The van der Waals surface area contributed by atoms with Crippen molar-refractivity contribution in [2.45, 2.75) is 109 Å². The van der Waals surface area contributed by atoms with E-state index in [9.17, 15) is 43.8 Å². The van der Waals surface area contributed by atoms with Crippen molar-refractivity contribution in [1.82, 2.24) is 31.9 Å². The second-order valence-electron chi connectivity index (χ2n) is 14.3. The van der Waals surface area contributed by atoms with E-state index in [0.717, 1.165) is 24.8 Å². The number of rotatable bonds is 32. The summed E-state index contributed by atoms with van der Waals surface area (Å²) in [6, 6.07) is 4.79. The number of unbranched alkanes of at least 4 members (excludes halogenated alkanes) is 2. The Bertz CT molecular complexity index is 1480. The number of guanidine groups is 1. The van der Waals surface area contributed by atoms with Gasteiger partial charge in [-0.25, -0.2) is 0 Å². The molecule has 0 saturated heterocycles. The molecule has 0 aliphatic rings. The van der Waals surface area contributed by atoms with Crippen LogP contribution >= 0.6 is 0 Å². The Hall–Kier alpha value is -5.34. The van der Waals surface area contributed by atoms with E-state index < -0.39 is 65.7 Å². The summed E-state index contributed by atoms with van der Waals surface area (Å²) in [6.45, 7) is 4.69. The number of aliphatic carboxylic acids is 3. The second-order valence-corrected chi connectivity index (χ2v) is 14.3. The number of nitrogens with zero attached hydrogens (tertiary/aromatic N) is 1. The molecule has 326 valence electrons. The zero-order valence-corrected chi connectivity index (χ0v) is 33.5. The molecule has 0 heterocycles. The third-order valence-corrected chi connectivity index (χ3v) is 9.13. The number of nitrogens with two attached hydrogens (primary N) is 3. The van der Waals surface area contributed by atoms with E-state index in [4.69, 9.17) is 22.3 Å². The summed E-state index contributed by atoms with van der Waals surface area (Å²) < 4.78 is 0. The zero-order chi connectivity index (χ0) is 43.5. The minimum Gasteiger partial charge on any atom is -0.481 e. The molecular weight excluding hydrogens is 756 g/mol. The largest absolute Gasteiger partial charge is 0.481 e. The van der Waals surface area contributed by atoms with E-state index in [1.54, 1.807) is 6.92 Å². The lowest BCUT2D eigenvalue weighted by Gasteiger charge is -2.25. The fourth-order valence-corrected chi connectivity index (χ4v) is 5.84. The Kier molecular flexibility index (Phi) is 25.3. The molecule has 0 saturated carbocycles. The minimum atomic E-state index is -1.28. The highest BCUT2D eigenvalue weighted by molar-refractivity contribution is 5.92. The molecule has 0 bridgehead atoms. The summed E-state index contributed by atoms with van der Waals surface area (Å²) in [5.74, 6) is -6.30. The van der Waals surface area contributed by atoms with Crippen molar-refractivity contribution >= 4 is 47.5 Å². The van der Waals surface area contributed by atoms with Crippen molar-refractivity contribution < 1.29 is 48.9 Å². The predicted octanol–water partition coefficient (Wildman–Crippen LogP) is -1.04. The van der Waals surface area contributed by atoms with Gasteiger partial charge in [-0.2, -0.15) is 0 Å². The number of carbonyl (C=O) groups is 7. The summed E-state index contributed by atoms with van der Waals surface area (Å²) in [6.07, 6.45) is 2.69. The summed E-state index contributed by atoms with van der Waals surface area (Å²) in [5.41, 5.74) is 17.2. The maximum absolute atomic E-state index is 13.8. The number of aliphatic imine (C=N–C) groups is 1. The van der Waals surface area contributed by atoms with E-state index in [-0.39, 0.29) is 76.1 Å². The van der Waals surface area contributed by atoms with Crippen LogP contribution in [0.15, 0.2) is 35.3 Å². The molecule has 0 aliphatic heterocycles. The third-order valence-electron chi connectivity index (χ3n) is 9.13. The smallest absolute Gasteiger partial charge is 0.320 e. The molecule has 1 aromatic carbocycles. The molecule has 1 rings (SSSR count). The first kappa shape index (κ1) is 50.7. The number of nitrogens with one attached hydrogen (secondary N) is 6. The zero-order valence-electron chi connectivity index (χ0n) is 33.5. The van der Waals surface area contributed by atoms with Gasteiger partial charge >= 0.3 is 17.9 Å². The van der Waals surface area contributed by atoms with Crippen LogP contribution < -0.4 is 49.1 Å². The minimum absolute atomic E-state index is 0.0864. The lowest BCUT2D eigenvalue weighted by Crippen LogP contribution is -2.55. The Balaban J connectivity index is 2.82. The molecule has 6 unspecified atom stereocenters. The van der Waals surface area contributed by atoms with E-state index in [0.29, 0.717) is 25.9 Å². The van der Waals surface area contributed by atoms with Crippen molar-refractivity contribution in [1.29, 1.82) is 0 Å². The van der Waals surface area contributed by atoms with Gasteiger partial charge in [-0.15, -0.1) is 0 Å². The van der Waals surface area contributed by atoms with E-state index in [2.05, 4.69) is 36.9 Å². The second kappa shape index (κ2) is 29.0. The van der Waals surface area contributed by atoms with E-state index >= 15 is 0 Å². The fourth-order valence-electron chi connectivity index (χ4n) is 5.84. The molecule has 58 heavy (non-hydrogen) atoms. The standard InChI is InChI=1S/C38H64N10O10/c1-24(22-44-31(49)15-13-28(36(55)56)45-23-46-29(37(57)58)14-16-32(50)51)20-25(2)33(52)48-30(21-26-10-5-3-6-11-26)35(54)47-27(12-9-19-43-38(40)41)34(53)42-18-8-4-7-17-39/h3,5-6,10-11,24-25,27-30,45-46H,4,7-9,12-23,39H2,1-2H3,(H,42,53)(H,44,49)(H,47,54)(H,48,52)(H,50,51)(H,55,56)(H,57,58)(H4,40,41,43). The number of carboxylic acid groups (broad SMARTS) is 3. The van der Waals surface area contributed by atoms with E-state index in [1.807, 2.05) is 37.3 Å². The SMILES string of the molecule is CC(CNC(=O)CCC(NCNC(CCC(=O)O)C(=O)O)C(=O)O)CC(C)C(=O)NC(Cc1ccccc1)C(=O)NC(CCCN=C(N)N)C(=O)NCCCCCN. The first-order chi connectivity index (χ1) is 27.5. The molecule has 20 nitrogen and oxygen atoms in total. The van der Waals surface area contributed by atoms with Crippen LogP contribution in [-0.2, 0) is 40.0 Å². The molecule has 1 aromatic rings. The van der Waals surface area contributed by atoms with Crippen molar-refractivity contribution in [2.24, 2.45) is 34.0 Å². The average molecular weight is 821 g/mol. The van der Waals surface area contributed by atoms with Gasteiger partial charge in [0.15, 0.2) is 5.96 Å². The van der Waals surface area contributed by atoms with Gasteiger partial charge in [-0.1, -0.05) is 50.6 Å². The van der Waals surface area contributed by atoms with Crippen molar-refractivity contribution in [3.63, 3.8) is 0 Å². The van der Waals surface area contributed by atoms with Gasteiger partial charge in [0.05, 0.1) is 0 Å². The van der Waals surface area contributed by atoms with Gasteiger partial charge in [-0.05, 0) is 63.0 Å². The van der Waals surface area contributed by atoms with Crippen LogP contribution in [0, 0.1) is 11.8 Å². The molecule has 0 radical (unpaired) electrons. The number of carbonyl (C=O) groups excluding carboxylic acids is 4. The fraction of sp³-hybridized carbons (Fsp3) is 0.632. The quantitative estimate of drug-likeness (QED) is 0.0179. The van der Waals surface area contributed by atoms with Gasteiger partial charge in [0.1, 0.15) is 24.2 Å². The van der Waals surface area contributed by atoms with Crippen LogP contribution in [0.5, 0.6) is 0 Å². The highest BCUT2D eigenvalue weighted by Crippen LogP contribution is 2.14. The van der Waals surface area contributed by atoms with Gasteiger partial charge in [0, 0.05) is 51.5 Å². The Morgan fingerprint density at radius 1 is 0.707 bits per heavy atom. The summed E-state index contributed by atoms with van der Waals surface area (Å²) in [7, 11) is 0. The van der Waals surface area contributed by atoms with Gasteiger partial charge in [0.2, 0.25) is 23.6 Å². The van der Waals surface area contributed by atoms with Crippen molar-refractivity contribution in [3.8, 4) is 0 Å². The van der Waals surface area contributed by atoms with Gasteiger partial charge < -0.3 is 53.8 Å². The third kappa shape index (κ3) is 23.0. The molecule has 4 amide bonds. The summed E-state index contributed by atoms with van der Waals surface area (Å²) in [4.78, 5) is 90.8. The Morgan fingerprint density at radius 3 is 1.91 bits per heavy atom. The van der Waals surface area contributed by atoms with Crippen LogP contribution in [0.1, 0.15) is 83.6 Å². The van der Waals surface area contributed by atoms with Gasteiger partial charge in [0.25, 0.3) is 0 Å². The topological polar surface area (TPSA) is 343 Å². The number of hydrogen-bond acceptors (Lipinski definition) is 11. The number of carboxylic acids is 3. The lowest BCUT2D eigenvalue weighted by molar-refractivity contribution is -0.141. The van der Waals surface area contributed by atoms with Crippen molar-refractivity contribution in [3.05, 3.63) is 35.9 Å². The first-order valence-electron chi connectivity index (χ1n) is 19.6. The molecule has 0 fully saturated rings. The van der Waals surface area contributed by atoms with Crippen LogP contribution in [0.2, 0.25) is 0 Å². The van der Waals surface area contributed by atoms with E-state index in [1.165, 1.54) is 0 Å². The van der Waals surface area contributed by atoms with Crippen LogP contribution in [0.25, 0.3) is 0 Å².